The molecule has 36 heavy (non-hydrogen) atoms. The Kier molecular flexibility index (Phi) is 7.47. The molecule has 0 bridgehead atoms. The smallest absolute Gasteiger partial charge is 0.225 e. The van der Waals surface area contributed by atoms with Crippen molar-refractivity contribution in [2.24, 2.45) is 0 Å². The highest BCUT2D eigenvalue weighted by atomic mass is 15.3. The van der Waals surface area contributed by atoms with Crippen LogP contribution in [0.1, 0.15) is 50.3 Å². The maximum Gasteiger partial charge on any atom is 0.225 e. The van der Waals surface area contributed by atoms with E-state index in [2.05, 4.69) is 63.5 Å². The molecule has 7 nitrogen and oxygen atoms in total. The maximum absolute atomic E-state index is 4.82. The normalized spacial score (nSPS) is 17.9. The second-order valence-corrected chi connectivity index (χ2v) is 9.97. The summed E-state index contributed by atoms with van der Waals surface area (Å²) < 4.78 is 2.10. The topological polar surface area (TPSA) is 70.9 Å². The monoisotopic (exact) mass is 483 g/mol. The van der Waals surface area contributed by atoms with Crippen molar-refractivity contribution < 1.29 is 0 Å². The molecular formula is C29H37N7. The van der Waals surface area contributed by atoms with Gasteiger partial charge in [0.2, 0.25) is 5.95 Å². The zero-order chi connectivity index (χ0) is 24.9. The van der Waals surface area contributed by atoms with Crippen LogP contribution in [0.3, 0.4) is 0 Å². The average Bonchev–Trinajstić information content (AvgIpc) is 3.31. The van der Waals surface area contributed by atoms with Gasteiger partial charge in [-0.1, -0.05) is 43.7 Å². The van der Waals surface area contributed by atoms with E-state index < -0.39 is 0 Å². The summed E-state index contributed by atoms with van der Waals surface area (Å²) in [5.41, 5.74) is 4.73. The first-order valence-electron chi connectivity index (χ1n) is 13.2. The summed E-state index contributed by atoms with van der Waals surface area (Å²) in [4.78, 5) is 11.7. The lowest BCUT2D eigenvalue weighted by Crippen LogP contribution is -2.37. The summed E-state index contributed by atoms with van der Waals surface area (Å²) in [6.07, 6.45) is 8.67. The molecule has 2 N–H and O–H groups in total. The Bertz CT molecular complexity index is 1270. The van der Waals surface area contributed by atoms with Gasteiger partial charge in [-0.3, -0.25) is 0 Å². The van der Waals surface area contributed by atoms with Gasteiger partial charge in [-0.15, -0.1) is 0 Å². The summed E-state index contributed by atoms with van der Waals surface area (Å²) in [6, 6.07) is 19.6. The van der Waals surface area contributed by atoms with Crippen LogP contribution < -0.4 is 15.5 Å². The summed E-state index contributed by atoms with van der Waals surface area (Å²) >= 11 is 0. The van der Waals surface area contributed by atoms with Crippen LogP contribution in [0.25, 0.3) is 16.6 Å². The van der Waals surface area contributed by atoms with Crippen molar-refractivity contribution in [2.75, 3.05) is 24.3 Å². The summed E-state index contributed by atoms with van der Waals surface area (Å²) in [7, 11) is 4.07. The van der Waals surface area contributed by atoms with E-state index in [1.165, 1.54) is 11.3 Å². The molecule has 2 heterocycles. The Morgan fingerprint density at radius 2 is 1.64 bits per heavy atom. The highest BCUT2D eigenvalue weighted by Gasteiger charge is 2.23. The molecule has 188 valence electrons. The molecule has 1 fully saturated rings. The molecule has 0 saturated heterocycles. The molecule has 0 amide bonds. The molecule has 0 aliphatic heterocycles. The van der Waals surface area contributed by atoms with Crippen LogP contribution in [0.5, 0.6) is 0 Å². The van der Waals surface area contributed by atoms with E-state index in [0.717, 1.165) is 73.4 Å². The summed E-state index contributed by atoms with van der Waals surface area (Å²) in [5.74, 6) is 1.68. The highest BCUT2D eigenvalue weighted by molar-refractivity contribution is 5.90. The molecular weight excluding hydrogens is 446 g/mol. The number of hydrogen-bond donors (Lipinski definition) is 2. The number of rotatable bonds is 9. The van der Waals surface area contributed by atoms with Crippen LogP contribution in [0.2, 0.25) is 0 Å². The molecule has 1 saturated carbocycles. The number of hydrogen-bond acceptors (Lipinski definition) is 6. The standard InChI is InChI=1S/C29H37N7/c1-4-10-27-21(20-31-36(27)24-11-6-5-7-12-24)19-30-22-15-17-23(18-16-22)32-29-33-26-14-9-8-13-25(26)28(34-29)35(2)3/h5-9,11-14,20,22-23,30H,4,10,15-19H2,1-3H3,(H,32,33,34). The second-order valence-electron chi connectivity index (χ2n) is 9.97. The van der Waals surface area contributed by atoms with Crippen LogP contribution in [0, 0.1) is 0 Å². The molecule has 2 aromatic heterocycles. The third-order valence-electron chi connectivity index (χ3n) is 7.09. The zero-order valence-corrected chi connectivity index (χ0v) is 21.6. The molecule has 5 rings (SSSR count). The van der Waals surface area contributed by atoms with E-state index in [-0.39, 0.29) is 0 Å². The largest absolute Gasteiger partial charge is 0.362 e. The lowest BCUT2D eigenvalue weighted by molar-refractivity contribution is 0.352. The second kappa shape index (κ2) is 11.1. The van der Waals surface area contributed by atoms with Crippen LogP contribution in [-0.4, -0.2) is 45.9 Å². The predicted molar refractivity (Wildman–Crippen MR) is 148 cm³/mol. The lowest BCUT2D eigenvalue weighted by Gasteiger charge is -2.30. The summed E-state index contributed by atoms with van der Waals surface area (Å²) in [6.45, 7) is 3.10. The lowest BCUT2D eigenvalue weighted by atomic mass is 9.91. The fraction of sp³-hybridized carbons (Fsp3) is 0.414. The van der Waals surface area contributed by atoms with Gasteiger partial charge >= 0.3 is 0 Å². The predicted octanol–water partition coefficient (Wildman–Crippen LogP) is 5.35. The Hall–Kier alpha value is -3.45. The minimum absolute atomic E-state index is 0.399. The first-order chi connectivity index (χ1) is 17.6. The molecule has 1 aliphatic carbocycles. The zero-order valence-electron chi connectivity index (χ0n) is 21.6. The number of benzene rings is 2. The van der Waals surface area contributed by atoms with Crippen LogP contribution >= 0.6 is 0 Å². The molecule has 1 aliphatic rings. The quantitative estimate of drug-likeness (QED) is 0.335. The van der Waals surface area contributed by atoms with Crippen LogP contribution in [0.4, 0.5) is 11.8 Å². The Morgan fingerprint density at radius 3 is 2.39 bits per heavy atom. The van der Waals surface area contributed by atoms with E-state index in [9.17, 15) is 0 Å². The molecule has 4 aromatic rings. The van der Waals surface area contributed by atoms with E-state index in [4.69, 9.17) is 15.1 Å². The van der Waals surface area contributed by atoms with Gasteiger partial charge < -0.3 is 15.5 Å². The van der Waals surface area contributed by atoms with Crippen LogP contribution in [-0.2, 0) is 13.0 Å². The van der Waals surface area contributed by atoms with Gasteiger partial charge in [-0.05, 0) is 56.4 Å². The summed E-state index contributed by atoms with van der Waals surface area (Å²) in [5, 5.41) is 13.2. The number of aromatic nitrogens is 4. The van der Waals surface area contributed by atoms with Gasteiger partial charge in [0, 0.05) is 49.4 Å². The molecule has 7 heteroatoms. The number of nitrogens with one attached hydrogen (secondary N) is 2. The molecule has 0 radical (unpaired) electrons. The van der Waals surface area contributed by atoms with Crippen molar-refractivity contribution >= 4 is 22.7 Å². The Balaban J connectivity index is 1.19. The van der Waals surface area contributed by atoms with Gasteiger partial charge in [0.05, 0.1) is 17.4 Å². The van der Waals surface area contributed by atoms with E-state index in [1.807, 2.05) is 38.5 Å². The van der Waals surface area contributed by atoms with Crippen molar-refractivity contribution in [2.45, 2.75) is 64.1 Å². The average molecular weight is 484 g/mol. The first-order valence-corrected chi connectivity index (χ1v) is 13.2. The number of nitrogens with zero attached hydrogens (tertiary/aromatic N) is 5. The van der Waals surface area contributed by atoms with Crippen molar-refractivity contribution in [3.63, 3.8) is 0 Å². The van der Waals surface area contributed by atoms with E-state index in [0.29, 0.717) is 12.1 Å². The molecule has 0 atom stereocenters. The van der Waals surface area contributed by atoms with Gasteiger partial charge in [0.1, 0.15) is 5.82 Å². The minimum Gasteiger partial charge on any atom is -0.362 e. The fourth-order valence-electron chi connectivity index (χ4n) is 5.19. The minimum atomic E-state index is 0.399. The highest BCUT2D eigenvalue weighted by Crippen LogP contribution is 2.27. The third-order valence-corrected chi connectivity index (χ3v) is 7.09. The van der Waals surface area contributed by atoms with Crippen molar-refractivity contribution in [3.8, 4) is 5.69 Å². The Morgan fingerprint density at radius 1 is 0.917 bits per heavy atom. The maximum atomic E-state index is 4.82. The molecule has 0 unspecified atom stereocenters. The van der Waals surface area contributed by atoms with Gasteiger partial charge in [0.15, 0.2) is 0 Å². The van der Waals surface area contributed by atoms with Crippen molar-refractivity contribution in [3.05, 3.63) is 72.1 Å². The fourth-order valence-corrected chi connectivity index (χ4v) is 5.19. The van der Waals surface area contributed by atoms with Crippen LogP contribution in [0.15, 0.2) is 60.8 Å². The number of anilines is 2. The van der Waals surface area contributed by atoms with Crippen molar-refractivity contribution in [1.82, 2.24) is 25.1 Å². The molecule has 0 spiro atoms. The van der Waals surface area contributed by atoms with E-state index in [1.54, 1.807) is 0 Å². The third kappa shape index (κ3) is 5.36. The van der Waals surface area contributed by atoms with Gasteiger partial charge in [0.25, 0.3) is 0 Å². The van der Waals surface area contributed by atoms with Crippen molar-refractivity contribution in [1.29, 1.82) is 0 Å². The van der Waals surface area contributed by atoms with Gasteiger partial charge in [-0.2, -0.15) is 10.1 Å². The first kappa shape index (κ1) is 24.3. The number of para-hydroxylation sites is 2. The Labute approximate surface area is 214 Å². The molecule has 2 aromatic carbocycles. The van der Waals surface area contributed by atoms with E-state index >= 15 is 0 Å². The number of fused-ring (bicyclic) bond motifs is 1. The SMILES string of the molecule is CCCc1c(CNC2CCC(Nc3nc(N(C)C)c4ccccc4n3)CC2)cnn1-c1ccccc1. The van der Waals surface area contributed by atoms with Gasteiger partial charge in [-0.25, -0.2) is 9.67 Å².